The number of hydrogen-bond acceptors (Lipinski definition) is 4. The number of rotatable bonds is 8. The highest BCUT2D eigenvalue weighted by molar-refractivity contribution is 5.90. The maximum absolute atomic E-state index is 11.8. The van der Waals surface area contributed by atoms with Crippen LogP contribution in [0.3, 0.4) is 0 Å². The van der Waals surface area contributed by atoms with Gasteiger partial charge in [0.15, 0.2) is 0 Å². The molecular formula is C11H22N4O3. The van der Waals surface area contributed by atoms with Crippen molar-refractivity contribution in [2.75, 3.05) is 20.1 Å². The maximum Gasteiger partial charge on any atom is 0.243 e. The zero-order valence-corrected chi connectivity index (χ0v) is 11.1. The van der Waals surface area contributed by atoms with E-state index >= 15 is 0 Å². The molecule has 0 aliphatic heterocycles. The molecule has 104 valence electrons. The third kappa shape index (κ3) is 7.61. The summed E-state index contributed by atoms with van der Waals surface area (Å²) in [6.07, 6.45) is 0.500. The van der Waals surface area contributed by atoms with Crippen molar-refractivity contribution in [2.45, 2.75) is 26.3 Å². The highest BCUT2D eigenvalue weighted by Crippen LogP contribution is 2.04. The minimum atomic E-state index is -0.648. The van der Waals surface area contributed by atoms with Gasteiger partial charge >= 0.3 is 0 Å². The molecule has 0 rings (SSSR count). The van der Waals surface area contributed by atoms with Crippen LogP contribution in [-0.2, 0) is 14.4 Å². The lowest BCUT2D eigenvalue weighted by Crippen LogP contribution is -2.50. The van der Waals surface area contributed by atoms with E-state index < -0.39 is 17.9 Å². The van der Waals surface area contributed by atoms with Gasteiger partial charge in [-0.1, -0.05) is 13.8 Å². The Hall–Kier alpha value is -1.63. The van der Waals surface area contributed by atoms with Crippen LogP contribution in [0.1, 0.15) is 20.3 Å². The van der Waals surface area contributed by atoms with E-state index in [9.17, 15) is 14.4 Å². The van der Waals surface area contributed by atoms with E-state index in [0.29, 0.717) is 6.42 Å². The molecule has 1 atom stereocenters. The average Bonchev–Trinajstić information content (AvgIpc) is 2.24. The first-order valence-corrected chi connectivity index (χ1v) is 5.86. The Bertz CT molecular complexity index is 305. The van der Waals surface area contributed by atoms with Crippen LogP contribution in [0.25, 0.3) is 0 Å². The summed E-state index contributed by atoms with van der Waals surface area (Å²) in [4.78, 5) is 33.8. The second-order valence-electron chi connectivity index (χ2n) is 4.46. The first-order chi connectivity index (χ1) is 8.36. The van der Waals surface area contributed by atoms with Gasteiger partial charge in [-0.3, -0.25) is 14.4 Å². The summed E-state index contributed by atoms with van der Waals surface area (Å²) < 4.78 is 0. The van der Waals surface area contributed by atoms with E-state index in [1.54, 1.807) is 7.05 Å². The van der Waals surface area contributed by atoms with E-state index in [4.69, 9.17) is 5.73 Å². The van der Waals surface area contributed by atoms with Crippen molar-refractivity contribution in [1.82, 2.24) is 16.0 Å². The lowest BCUT2D eigenvalue weighted by atomic mass is 10.0. The van der Waals surface area contributed by atoms with Crippen molar-refractivity contribution in [1.29, 1.82) is 0 Å². The molecule has 0 heterocycles. The molecule has 18 heavy (non-hydrogen) atoms. The number of primary amides is 1. The fraction of sp³-hybridized carbons (Fsp3) is 0.727. The van der Waals surface area contributed by atoms with Crippen LogP contribution in [0.5, 0.6) is 0 Å². The summed E-state index contributed by atoms with van der Waals surface area (Å²) in [5.74, 6) is -1.04. The van der Waals surface area contributed by atoms with Crippen molar-refractivity contribution in [3.05, 3.63) is 0 Å². The zero-order valence-electron chi connectivity index (χ0n) is 11.1. The van der Waals surface area contributed by atoms with Gasteiger partial charge in [-0.2, -0.15) is 0 Å². The molecule has 7 nitrogen and oxygen atoms in total. The highest BCUT2D eigenvalue weighted by atomic mass is 16.2. The molecule has 0 radical (unpaired) electrons. The van der Waals surface area contributed by atoms with Gasteiger partial charge in [0.25, 0.3) is 0 Å². The predicted molar refractivity (Wildman–Crippen MR) is 67.5 cm³/mol. The van der Waals surface area contributed by atoms with Crippen molar-refractivity contribution in [3.8, 4) is 0 Å². The Morgan fingerprint density at radius 3 is 2.22 bits per heavy atom. The molecule has 0 saturated heterocycles. The molecule has 0 aromatic carbocycles. The fourth-order valence-electron chi connectivity index (χ4n) is 1.41. The van der Waals surface area contributed by atoms with Gasteiger partial charge in [-0.15, -0.1) is 0 Å². The quantitative estimate of drug-likeness (QED) is 0.417. The highest BCUT2D eigenvalue weighted by Gasteiger charge is 2.21. The van der Waals surface area contributed by atoms with E-state index in [1.165, 1.54) is 0 Å². The van der Waals surface area contributed by atoms with E-state index in [2.05, 4.69) is 16.0 Å². The summed E-state index contributed by atoms with van der Waals surface area (Å²) in [5.41, 5.74) is 4.94. The number of carbonyl (C=O) groups is 3. The van der Waals surface area contributed by atoms with Gasteiger partial charge in [0, 0.05) is 0 Å². The monoisotopic (exact) mass is 258 g/mol. The van der Waals surface area contributed by atoms with Crippen LogP contribution in [0.2, 0.25) is 0 Å². The van der Waals surface area contributed by atoms with Crippen molar-refractivity contribution < 1.29 is 14.4 Å². The Kier molecular flexibility index (Phi) is 7.69. The molecule has 3 amide bonds. The largest absolute Gasteiger partial charge is 0.368 e. The normalized spacial score (nSPS) is 12.0. The first-order valence-electron chi connectivity index (χ1n) is 5.86. The number of nitrogens with two attached hydrogens (primary N) is 1. The van der Waals surface area contributed by atoms with Crippen LogP contribution in [-0.4, -0.2) is 43.9 Å². The SMILES string of the molecule is CNCC(=O)NC(CC(C)C)C(=O)NCC(N)=O. The second kappa shape index (κ2) is 8.46. The lowest BCUT2D eigenvalue weighted by molar-refractivity contribution is -0.130. The summed E-state index contributed by atoms with van der Waals surface area (Å²) >= 11 is 0. The third-order valence-corrected chi connectivity index (χ3v) is 2.13. The minimum Gasteiger partial charge on any atom is -0.368 e. The Balaban J connectivity index is 4.41. The number of carbonyl (C=O) groups excluding carboxylic acids is 3. The third-order valence-electron chi connectivity index (χ3n) is 2.13. The van der Waals surface area contributed by atoms with Crippen LogP contribution in [0.4, 0.5) is 0 Å². The Labute approximate surface area is 107 Å². The molecule has 0 spiro atoms. The predicted octanol–water partition coefficient (Wildman–Crippen LogP) is -1.66. The molecule has 0 saturated carbocycles. The van der Waals surface area contributed by atoms with Crippen molar-refractivity contribution in [2.24, 2.45) is 11.7 Å². The summed E-state index contributed by atoms with van der Waals surface area (Å²) in [6, 6.07) is -0.648. The number of nitrogens with one attached hydrogen (secondary N) is 3. The summed E-state index contributed by atoms with van der Waals surface area (Å²) in [5, 5.41) is 7.69. The Morgan fingerprint density at radius 1 is 1.17 bits per heavy atom. The number of amides is 3. The van der Waals surface area contributed by atoms with E-state index in [0.717, 1.165) is 0 Å². The van der Waals surface area contributed by atoms with Gasteiger partial charge in [0.2, 0.25) is 17.7 Å². The maximum atomic E-state index is 11.8. The average molecular weight is 258 g/mol. The smallest absolute Gasteiger partial charge is 0.243 e. The molecule has 0 bridgehead atoms. The summed E-state index contributed by atoms with van der Waals surface area (Å²) in [7, 11) is 1.64. The van der Waals surface area contributed by atoms with Crippen LogP contribution >= 0.6 is 0 Å². The van der Waals surface area contributed by atoms with Gasteiger partial charge in [0.05, 0.1) is 13.1 Å². The zero-order chi connectivity index (χ0) is 14.1. The topological polar surface area (TPSA) is 113 Å². The number of likely N-dealkylation sites (N-methyl/N-ethyl adjacent to an activating group) is 1. The van der Waals surface area contributed by atoms with Crippen LogP contribution < -0.4 is 21.7 Å². The number of hydrogen-bond donors (Lipinski definition) is 4. The molecule has 0 aliphatic rings. The minimum absolute atomic E-state index is 0.137. The fourth-order valence-corrected chi connectivity index (χ4v) is 1.41. The van der Waals surface area contributed by atoms with Gasteiger partial charge < -0.3 is 21.7 Å². The van der Waals surface area contributed by atoms with Gasteiger partial charge in [-0.25, -0.2) is 0 Å². The lowest BCUT2D eigenvalue weighted by Gasteiger charge is -2.19. The first kappa shape index (κ1) is 16.4. The van der Waals surface area contributed by atoms with Crippen LogP contribution in [0, 0.1) is 5.92 Å². The van der Waals surface area contributed by atoms with Crippen molar-refractivity contribution in [3.63, 3.8) is 0 Å². The van der Waals surface area contributed by atoms with Gasteiger partial charge in [-0.05, 0) is 19.4 Å². The molecule has 0 aromatic heterocycles. The molecule has 1 unspecified atom stereocenters. The molecular weight excluding hydrogens is 236 g/mol. The molecule has 0 fully saturated rings. The standard InChI is InChI=1S/C11H22N4O3/c1-7(2)4-8(15-10(17)6-13-3)11(18)14-5-9(12)16/h7-8,13H,4-6H2,1-3H3,(H2,12,16)(H,14,18)(H,15,17). The second-order valence-corrected chi connectivity index (χ2v) is 4.46. The summed E-state index contributed by atoms with van der Waals surface area (Å²) in [6.45, 7) is 3.80. The molecule has 0 aromatic rings. The van der Waals surface area contributed by atoms with Crippen molar-refractivity contribution >= 4 is 17.7 Å². The van der Waals surface area contributed by atoms with Crippen LogP contribution in [0.15, 0.2) is 0 Å². The molecule has 5 N–H and O–H groups in total. The van der Waals surface area contributed by atoms with E-state index in [1.807, 2.05) is 13.8 Å². The van der Waals surface area contributed by atoms with Gasteiger partial charge in [0.1, 0.15) is 6.04 Å². The molecule has 0 aliphatic carbocycles. The molecule has 7 heteroatoms. The van der Waals surface area contributed by atoms with E-state index in [-0.39, 0.29) is 24.9 Å². The Morgan fingerprint density at radius 2 is 1.78 bits per heavy atom.